The molecule has 0 saturated carbocycles. The maximum atomic E-state index is 6.04. The zero-order valence-electron chi connectivity index (χ0n) is 11.3. The summed E-state index contributed by atoms with van der Waals surface area (Å²) in [7, 11) is -1.98. The summed E-state index contributed by atoms with van der Waals surface area (Å²) in [5.41, 5.74) is 0. The van der Waals surface area contributed by atoms with Gasteiger partial charge in [0, 0.05) is 18.1 Å². The van der Waals surface area contributed by atoms with Gasteiger partial charge in [-0.2, -0.15) is 0 Å². The summed E-state index contributed by atoms with van der Waals surface area (Å²) in [5.74, 6) is 0.735. The highest BCUT2D eigenvalue weighted by Gasteiger charge is 2.35. The molecule has 16 heavy (non-hydrogen) atoms. The third-order valence-corrected chi connectivity index (χ3v) is 5.82. The lowest BCUT2D eigenvalue weighted by molar-refractivity contribution is -0.0347. The highest BCUT2D eigenvalue weighted by Crippen LogP contribution is 2.25. The van der Waals surface area contributed by atoms with Crippen LogP contribution in [-0.2, 0) is 13.6 Å². The lowest BCUT2D eigenvalue weighted by Crippen LogP contribution is -2.44. The van der Waals surface area contributed by atoms with Gasteiger partial charge in [0.05, 0.1) is 13.2 Å². The standard InChI is InChI=1S/C12H26O3Si/c1-10(2)14-16(5,15-11(3)4)7-6-12-8-13-9-12/h10-12H,6-9H2,1-5H3. The van der Waals surface area contributed by atoms with Crippen molar-refractivity contribution in [3.05, 3.63) is 0 Å². The molecule has 0 aromatic heterocycles. The summed E-state index contributed by atoms with van der Waals surface area (Å²) in [6.07, 6.45) is 1.70. The molecule has 1 fully saturated rings. The Morgan fingerprint density at radius 3 is 1.94 bits per heavy atom. The molecule has 96 valence electrons. The van der Waals surface area contributed by atoms with Gasteiger partial charge in [-0.15, -0.1) is 0 Å². The van der Waals surface area contributed by atoms with Crippen LogP contribution in [0.2, 0.25) is 12.6 Å². The first-order valence-corrected chi connectivity index (χ1v) is 8.87. The molecule has 4 heteroatoms. The van der Waals surface area contributed by atoms with Crippen LogP contribution in [0.15, 0.2) is 0 Å². The maximum Gasteiger partial charge on any atom is 0.335 e. The van der Waals surface area contributed by atoms with Gasteiger partial charge in [0.25, 0.3) is 0 Å². The normalized spacial score (nSPS) is 18.2. The fourth-order valence-electron chi connectivity index (χ4n) is 2.06. The number of ether oxygens (including phenoxy) is 1. The molecule has 3 nitrogen and oxygen atoms in total. The molecule has 1 rings (SSSR count). The average molecular weight is 246 g/mol. The second-order valence-corrected chi connectivity index (χ2v) is 8.65. The molecule has 0 unspecified atom stereocenters. The van der Waals surface area contributed by atoms with E-state index in [1.807, 2.05) is 0 Å². The van der Waals surface area contributed by atoms with E-state index in [0.29, 0.717) is 0 Å². The Labute approximate surface area is 101 Å². The fourth-order valence-corrected chi connectivity index (χ4v) is 5.28. The van der Waals surface area contributed by atoms with Crippen LogP contribution in [0.4, 0.5) is 0 Å². The van der Waals surface area contributed by atoms with Crippen LogP contribution in [0.5, 0.6) is 0 Å². The van der Waals surface area contributed by atoms with Gasteiger partial charge in [0.15, 0.2) is 0 Å². The van der Waals surface area contributed by atoms with Gasteiger partial charge in [-0.3, -0.25) is 0 Å². The van der Waals surface area contributed by atoms with E-state index in [-0.39, 0.29) is 12.2 Å². The molecule has 0 radical (unpaired) electrons. The van der Waals surface area contributed by atoms with Crippen LogP contribution in [0.3, 0.4) is 0 Å². The summed E-state index contributed by atoms with van der Waals surface area (Å²) in [6, 6.07) is 1.08. The zero-order chi connectivity index (χ0) is 12.2. The average Bonchev–Trinajstić information content (AvgIpc) is 1.96. The minimum atomic E-state index is -1.98. The second-order valence-electron chi connectivity index (χ2n) is 5.41. The Morgan fingerprint density at radius 1 is 1.12 bits per heavy atom. The van der Waals surface area contributed by atoms with Crippen LogP contribution in [-0.4, -0.2) is 34.0 Å². The van der Waals surface area contributed by atoms with Crippen molar-refractivity contribution in [3.8, 4) is 0 Å². The molecule has 0 spiro atoms. The van der Waals surface area contributed by atoms with E-state index >= 15 is 0 Å². The van der Waals surface area contributed by atoms with Crippen molar-refractivity contribution in [2.45, 2.75) is 58.9 Å². The molecule has 0 N–H and O–H groups in total. The topological polar surface area (TPSA) is 27.7 Å². The van der Waals surface area contributed by atoms with Crippen LogP contribution >= 0.6 is 0 Å². The van der Waals surface area contributed by atoms with Gasteiger partial charge < -0.3 is 13.6 Å². The van der Waals surface area contributed by atoms with Crippen LogP contribution in [0.25, 0.3) is 0 Å². The van der Waals surface area contributed by atoms with Gasteiger partial charge in [-0.1, -0.05) is 0 Å². The lowest BCUT2D eigenvalue weighted by Gasteiger charge is -2.34. The minimum absolute atomic E-state index is 0.257. The molecule has 0 aromatic rings. The minimum Gasteiger partial charge on any atom is -0.392 e. The van der Waals surface area contributed by atoms with Crippen molar-refractivity contribution >= 4 is 8.56 Å². The number of hydrogen-bond donors (Lipinski definition) is 0. The van der Waals surface area contributed by atoms with E-state index < -0.39 is 8.56 Å². The van der Waals surface area contributed by atoms with Crippen LogP contribution < -0.4 is 0 Å². The Balaban J connectivity index is 2.40. The third kappa shape index (κ3) is 4.95. The molecule has 0 aliphatic carbocycles. The highest BCUT2D eigenvalue weighted by molar-refractivity contribution is 6.66. The molecular formula is C12H26O3Si. The molecule has 0 bridgehead atoms. The molecule has 1 heterocycles. The van der Waals surface area contributed by atoms with Crippen molar-refractivity contribution in [1.29, 1.82) is 0 Å². The smallest absolute Gasteiger partial charge is 0.335 e. The first kappa shape index (κ1) is 14.2. The van der Waals surface area contributed by atoms with Crippen LogP contribution in [0.1, 0.15) is 34.1 Å². The Bertz CT molecular complexity index is 192. The second kappa shape index (κ2) is 6.14. The lowest BCUT2D eigenvalue weighted by atomic mass is 10.1. The van der Waals surface area contributed by atoms with Crippen molar-refractivity contribution in [3.63, 3.8) is 0 Å². The van der Waals surface area contributed by atoms with Crippen molar-refractivity contribution < 1.29 is 13.6 Å². The van der Waals surface area contributed by atoms with Crippen molar-refractivity contribution in [2.75, 3.05) is 13.2 Å². The van der Waals surface area contributed by atoms with E-state index in [0.717, 1.165) is 25.2 Å². The summed E-state index contributed by atoms with van der Waals surface area (Å²) < 4.78 is 17.3. The monoisotopic (exact) mass is 246 g/mol. The Kier molecular flexibility index (Phi) is 5.44. The van der Waals surface area contributed by atoms with Gasteiger partial charge >= 0.3 is 8.56 Å². The van der Waals surface area contributed by atoms with Crippen molar-refractivity contribution in [1.82, 2.24) is 0 Å². The quantitative estimate of drug-likeness (QED) is 0.646. The third-order valence-electron chi connectivity index (χ3n) is 2.68. The first-order chi connectivity index (χ1) is 7.41. The van der Waals surface area contributed by atoms with E-state index in [4.69, 9.17) is 13.6 Å². The van der Waals surface area contributed by atoms with Crippen molar-refractivity contribution in [2.24, 2.45) is 5.92 Å². The van der Waals surface area contributed by atoms with E-state index in [1.165, 1.54) is 6.42 Å². The molecular weight excluding hydrogens is 220 g/mol. The van der Waals surface area contributed by atoms with Gasteiger partial charge in [0.1, 0.15) is 0 Å². The van der Waals surface area contributed by atoms with E-state index in [2.05, 4.69) is 34.2 Å². The number of hydrogen-bond acceptors (Lipinski definition) is 3. The molecule has 0 aromatic carbocycles. The maximum absolute atomic E-state index is 6.04. The van der Waals surface area contributed by atoms with Gasteiger partial charge in [-0.05, 0) is 46.7 Å². The van der Waals surface area contributed by atoms with E-state index in [9.17, 15) is 0 Å². The SMILES string of the molecule is CC(C)O[Si](C)(CCC1COC1)OC(C)C. The Hall–Kier alpha value is 0.0969. The number of rotatable bonds is 7. The summed E-state index contributed by atoms with van der Waals surface area (Å²) in [6.45, 7) is 12.4. The highest BCUT2D eigenvalue weighted by atomic mass is 28.4. The molecule has 0 atom stereocenters. The fraction of sp³-hybridized carbons (Fsp3) is 1.00. The zero-order valence-corrected chi connectivity index (χ0v) is 12.3. The predicted molar refractivity (Wildman–Crippen MR) is 67.8 cm³/mol. The summed E-state index contributed by atoms with van der Waals surface area (Å²) in [5, 5.41) is 0. The van der Waals surface area contributed by atoms with Gasteiger partial charge in [-0.25, -0.2) is 0 Å². The van der Waals surface area contributed by atoms with Gasteiger partial charge in [0.2, 0.25) is 0 Å². The predicted octanol–water partition coefficient (Wildman–Crippen LogP) is 2.94. The summed E-state index contributed by atoms with van der Waals surface area (Å²) >= 11 is 0. The Morgan fingerprint density at radius 2 is 1.62 bits per heavy atom. The van der Waals surface area contributed by atoms with E-state index in [1.54, 1.807) is 0 Å². The van der Waals surface area contributed by atoms with Crippen LogP contribution in [0, 0.1) is 5.92 Å². The molecule has 1 aliphatic rings. The molecule has 1 saturated heterocycles. The molecule has 1 aliphatic heterocycles. The largest absolute Gasteiger partial charge is 0.392 e. The first-order valence-electron chi connectivity index (χ1n) is 6.34. The summed E-state index contributed by atoms with van der Waals surface area (Å²) in [4.78, 5) is 0. The molecule has 0 amide bonds.